The number of benzene rings is 2. The smallest absolute Gasteiger partial charge is 0.239 e. The molecule has 0 aliphatic carbocycles. The van der Waals surface area contributed by atoms with Gasteiger partial charge in [-0.1, -0.05) is 0 Å². The minimum Gasteiger partial charge on any atom is -0.507 e. The highest BCUT2D eigenvalue weighted by atomic mass is 16.7. The Morgan fingerprint density at radius 1 is 0.630 bits per heavy atom. The van der Waals surface area contributed by atoms with E-state index in [2.05, 4.69) is 0 Å². The predicted octanol–water partition coefficient (Wildman–Crippen LogP) is -4.21. The van der Waals surface area contributed by atoms with Crippen molar-refractivity contribution in [1.82, 2.24) is 0 Å². The van der Waals surface area contributed by atoms with Crippen molar-refractivity contribution in [3.63, 3.8) is 0 Å². The molecule has 4 heterocycles. The van der Waals surface area contributed by atoms with Gasteiger partial charge in [0.25, 0.3) is 0 Å². The molecule has 3 fully saturated rings. The van der Waals surface area contributed by atoms with Crippen molar-refractivity contribution in [2.75, 3.05) is 13.2 Å². The maximum absolute atomic E-state index is 14.1. The molecule has 3 saturated heterocycles. The highest BCUT2D eigenvalue weighted by Gasteiger charge is 2.48. The first kappa shape index (κ1) is 39.8. The molecule has 0 spiro atoms. The van der Waals surface area contributed by atoms with Crippen molar-refractivity contribution in [2.24, 2.45) is 0 Å². The fourth-order valence-corrected chi connectivity index (χ4v) is 6.19. The van der Waals surface area contributed by atoms with Crippen LogP contribution < -0.4 is 14.9 Å². The van der Waals surface area contributed by atoms with Crippen LogP contribution in [0.5, 0.6) is 28.7 Å². The van der Waals surface area contributed by atoms with Crippen LogP contribution in [0.4, 0.5) is 0 Å². The average Bonchev–Trinajstić information content (AvgIpc) is 3.14. The number of aliphatic hydroxyl groups excluding tert-OH is 10. The second kappa shape index (κ2) is 15.7. The van der Waals surface area contributed by atoms with Crippen molar-refractivity contribution in [3.05, 3.63) is 40.6 Å². The first-order valence-electron chi connectivity index (χ1n) is 16.5. The molecule has 2 aromatic carbocycles. The van der Waals surface area contributed by atoms with E-state index in [0.717, 1.165) is 24.3 Å². The van der Waals surface area contributed by atoms with Crippen LogP contribution in [0, 0.1) is 0 Å². The first-order chi connectivity index (χ1) is 25.5. The monoisotopic (exact) mass is 772 g/mol. The van der Waals surface area contributed by atoms with Gasteiger partial charge in [0.05, 0.1) is 19.3 Å². The van der Waals surface area contributed by atoms with Gasteiger partial charge >= 0.3 is 0 Å². The maximum Gasteiger partial charge on any atom is 0.239 e. The van der Waals surface area contributed by atoms with Gasteiger partial charge in [0.15, 0.2) is 23.5 Å². The Labute approximate surface area is 303 Å². The van der Waals surface area contributed by atoms with Crippen LogP contribution in [0.15, 0.2) is 39.5 Å². The molecule has 0 amide bonds. The molecular formula is C33H40O21. The number of phenolic OH excluding ortho intramolecular Hbond substituents is 3. The summed E-state index contributed by atoms with van der Waals surface area (Å²) in [6, 6.07) is 5.15. The number of aromatic hydroxyl groups is 3. The van der Waals surface area contributed by atoms with Gasteiger partial charge in [-0.25, -0.2) is 0 Å². The number of fused-ring (bicyclic) bond motifs is 1. The van der Waals surface area contributed by atoms with Crippen LogP contribution in [-0.2, 0) is 18.9 Å². The van der Waals surface area contributed by atoms with Crippen LogP contribution in [0.25, 0.3) is 22.3 Å². The van der Waals surface area contributed by atoms with E-state index in [1.54, 1.807) is 0 Å². The summed E-state index contributed by atoms with van der Waals surface area (Å²) in [5.74, 6) is -3.63. The normalized spacial score (nSPS) is 37.3. The lowest BCUT2D eigenvalue weighted by molar-refractivity contribution is -0.318. The Bertz CT molecular complexity index is 1850. The van der Waals surface area contributed by atoms with Crippen LogP contribution >= 0.6 is 0 Å². The molecular weight excluding hydrogens is 732 g/mol. The van der Waals surface area contributed by atoms with E-state index in [0.29, 0.717) is 0 Å². The van der Waals surface area contributed by atoms with Crippen molar-refractivity contribution >= 4 is 11.0 Å². The van der Waals surface area contributed by atoms with Crippen LogP contribution in [-0.4, -0.2) is 172 Å². The van der Waals surface area contributed by atoms with Gasteiger partial charge in [0, 0.05) is 17.7 Å². The molecule has 13 N–H and O–H groups in total. The highest BCUT2D eigenvalue weighted by Crippen LogP contribution is 2.40. The summed E-state index contributed by atoms with van der Waals surface area (Å²) < 4.78 is 39.1. The van der Waals surface area contributed by atoms with Crippen LogP contribution in [0.2, 0.25) is 0 Å². The minimum atomic E-state index is -2.05. The standard InChI is InChI=1S/C33H40O21/c1-9-19(38)23(42)26(45)31(49-9)48-8-17-21(40)25(44)28(47)33(53-17)54-30-22(41)18-14(37)5-11(50-32-27(46)24(43)20(39)16(7-34)52-32)6-15(18)51-29(30)10-2-3-12(35)13(36)4-10/h2-6,9,16-17,19-21,23-28,31-40,42-47H,7-8H2,1H3/t9-,16+,17+,19-,20+,21-,23+,24-,25-,26+,27+,28+,31+,32+,33-/m0/s1. The molecule has 21 nitrogen and oxygen atoms in total. The third-order valence-electron chi connectivity index (χ3n) is 9.38. The molecule has 54 heavy (non-hydrogen) atoms. The Morgan fingerprint density at radius 3 is 1.87 bits per heavy atom. The minimum absolute atomic E-state index is 0.122. The van der Waals surface area contributed by atoms with E-state index in [1.807, 2.05) is 0 Å². The largest absolute Gasteiger partial charge is 0.507 e. The van der Waals surface area contributed by atoms with E-state index in [4.69, 9.17) is 32.8 Å². The summed E-state index contributed by atoms with van der Waals surface area (Å²) >= 11 is 0. The van der Waals surface area contributed by atoms with Gasteiger partial charge in [-0.15, -0.1) is 0 Å². The second-order valence-corrected chi connectivity index (χ2v) is 13.1. The van der Waals surface area contributed by atoms with Crippen molar-refractivity contribution in [2.45, 2.75) is 99.0 Å². The third kappa shape index (κ3) is 7.39. The predicted molar refractivity (Wildman–Crippen MR) is 173 cm³/mol. The summed E-state index contributed by atoms with van der Waals surface area (Å²) in [4.78, 5) is 14.1. The number of aliphatic hydroxyl groups is 10. The highest BCUT2D eigenvalue weighted by molar-refractivity contribution is 5.88. The molecule has 0 unspecified atom stereocenters. The SMILES string of the molecule is C[C@@H]1O[C@@H](OC[C@H]2O[C@@H](Oc3c(-c4ccc(O)c(O)c4)oc4cc(O[C@@H]5O[C@H](CO)[C@@H](O)[C@H](O)[C@H]5O)cc(O)c4c3=O)[C@H](O)[C@@H](O)[C@H]2O)[C@H](O)[C@H](O)[C@H]1O. The second-order valence-electron chi connectivity index (χ2n) is 13.1. The molecule has 0 radical (unpaired) electrons. The van der Waals surface area contributed by atoms with E-state index in [-0.39, 0.29) is 11.3 Å². The molecule has 298 valence electrons. The number of rotatable bonds is 9. The van der Waals surface area contributed by atoms with Gasteiger partial charge in [0.2, 0.25) is 23.8 Å². The Kier molecular flexibility index (Phi) is 11.5. The fraction of sp³-hybridized carbons (Fsp3) is 0.545. The van der Waals surface area contributed by atoms with Gasteiger partial charge < -0.3 is 99.2 Å². The van der Waals surface area contributed by atoms with Gasteiger partial charge in [-0.05, 0) is 25.1 Å². The Morgan fingerprint density at radius 2 is 1.22 bits per heavy atom. The summed E-state index contributed by atoms with van der Waals surface area (Å²) in [5, 5.41) is 133. The summed E-state index contributed by atoms with van der Waals surface area (Å²) in [6.07, 6.45) is -25.1. The molecule has 3 aliphatic heterocycles. The van der Waals surface area contributed by atoms with Gasteiger partial charge in [-0.3, -0.25) is 4.79 Å². The van der Waals surface area contributed by atoms with Crippen molar-refractivity contribution in [3.8, 4) is 40.1 Å². The third-order valence-corrected chi connectivity index (χ3v) is 9.38. The number of hydrogen-bond donors (Lipinski definition) is 13. The maximum atomic E-state index is 14.1. The van der Waals surface area contributed by atoms with E-state index >= 15 is 0 Å². The van der Waals surface area contributed by atoms with Crippen LogP contribution in [0.1, 0.15) is 6.92 Å². The number of hydrogen-bond acceptors (Lipinski definition) is 21. The number of ether oxygens (including phenoxy) is 6. The summed E-state index contributed by atoms with van der Waals surface area (Å²) in [6.45, 7) is -0.0204. The van der Waals surface area contributed by atoms with Crippen molar-refractivity contribution < 1.29 is 99.2 Å². The number of phenols is 3. The van der Waals surface area contributed by atoms with E-state index in [9.17, 15) is 71.2 Å². The van der Waals surface area contributed by atoms with Crippen LogP contribution in [0.3, 0.4) is 0 Å². The lowest BCUT2D eigenvalue weighted by Crippen LogP contribution is -2.61. The van der Waals surface area contributed by atoms with Crippen molar-refractivity contribution in [1.29, 1.82) is 0 Å². The van der Waals surface area contributed by atoms with E-state index in [1.165, 1.54) is 13.0 Å². The Hall–Kier alpha value is -3.91. The lowest BCUT2D eigenvalue weighted by Gasteiger charge is -2.42. The molecule has 6 rings (SSSR count). The zero-order valence-electron chi connectivity index (χ0n) is 28.0. The Balaban J connectivity index is 1.34. The fourth-order valence-electron chi connectivity index (χ4n) is 6.19. The molecule has 21 heteroatoms. The quantitative estimate of drug-likeness (QED) is 0.0917. The molecule has 0 bridgehead atoms. The average molecular weight is 773 g/mol. The zero-order valence-corrected chi connectivity index (χ0v) is 28.0. The van der Waals surface area contributed by atoms with Gasteiger partial charge in [0.1, 0.15) is 89.6 Å². The lowest BCUT2D eigenvalue weighted by atomic mass is 9.98. The molecule has 15 atom stereocenters. The molecule has 3 aromatic rings. The molecule has 3 aliphatic rings. The summed E-state index contributed by atoms with van der Waals surface area (Å²) in [5.41, 5.74) is -1.66. The summed E-state index contributed by atoms with van der Waals surface area (Å²) in [7, 11) is 0. The topological polar surface area (TPSA) is 349 Å². The zero-order chi connectivity index (χ0) is 39.3. The first-order valence-corrected chi connectivity index (χ1v) is 16.5. The molecule has 0 saturated carbocycles. The van der Waals surface area contributed by atoms with E-state index < -0.39 is 150 Å². The molecule has 1 aromatic heterocycles. The van der Waals surface area contributed by atoms with Gasteiger partial charge in [-0.2, -0.15) is 0 Å².